The third-order valence-electron chi connectivity index (χ3n) is 4.00. The highest BCUT2D eigenvalue weighted by molar-refractivity contribution is 7.10. The first-order chi connectivity index (χ1) is 11.3. The molecule has 132 valence electrons. The molecule has 2 aromatic rings. The molecule has 0 spiro atoms. The standard InChI is InChI=1S/C20H29NO2S/c1-14-8-9-18(17(11-14)20(3,4)5)23-13-16(22)12-21-15(2)19-7-6-10-24-19/h6-11,15-16,21-22H,12-13H2,1-5H3. The van der Waals surface area contributed by atoms with E-state index in [1.807, 2.05) is 18.2 Å². The molecule has 1 heterocycles. The van der Waals surface area contributed by atoms with Crippen molar-refractivity contribution >= 4 is 11.3 Å². The second kappa shape index (κ2) is 8.15. The van der Waals surface area contributed by atoms with Gasteiger partial charge in [-0.1, -0.05) is 44.5 Å². The van der Waals surface area contributed by atoms with Crippen molar-refractivity contribution in [1.29, 1.82) is 0 Å². The Morgan fingerprint density at radius 2 is 2.00 bits per heavy atom. The molecule has 0 saturated carbocycles. The Labute approximate surface area is 149 Å². The lowest BCUT2D eigenvalue weighted by molar-refractivity contribution is 0.103. The molecule has 2 N–H and O–H groups in total. The number of hydrogen-bond acceptors (Lipinski definition) is 4. The number of aliphatic hydroxyl groups excluding tert-OH is 1. The van der Waals surface area contributed by atoms with E-state index < -0.39 is 6.10 Å². The summed E-state index contributed by atoms with van der Waals surface area (Å²) in [7, 11) is 0. The summed E-state index contributed by atoms with van der Waals surface area (Å²) in [5.74, 6) is 0.860. The summed E-state index contributed by atoms with van der Waals surface area (Å²) in [4.78, 5) is 1.27. The van der Waals surface area contributed by atoms with Crippen LogP contribution >= 0.6 is 11.3 Å². The van der Waals surface area contributed by atoms with Crippen LogP contribution in [0.25, 0.3) is 0 Å². The first-order valence-corrected chi connectivity index (χ1v) is 9.34. The van der Waals surface area contributed by atoms with E-state index >= 15 is 0 Å². The monoisotopic (exact) mass is 347 g/mol. The maximum Gasteiger partial charge on any atom is 0.123 e. The lowest BCUT2D eigenvalue weighted by atomic mass is 9.85. The number of hydrogen-bond donors (Lipinski definition) is 2. The van der Waals surface area contributed by atoms with Crippen molar-refractivity contribution in [3.05, 3.63) is 51.7 Å². The molecule has 24 heavy (non-hydrogen) atoms. The Balaban J connectivity index is 1.89. The topological polar surface area (TPSA) is 41.5 Å². The van der Waals surface area contributed by atoms with E-state index in [9.17, 15) is 5.11 Å². The van der Waals surface area contributed by atoms with Crippen molar-refractivity contribution in [1.82, 2.24) is 5.32 Å². The molecule has 0 saturated heterocycles. The fourth-order valence-electron chi connectivity index (χ4n) is 2.55. The zero-order valence-corrected chi connectivity index (χ0v) is 16.1. The first-order valence-electron chi connectivity index (χ1n) is 8.46. The molecule has 2 unspecified atom stereocenters. The van der Waals surface area contributed by atoms with Crippen LogP contribution in [0.15, 0.2) is 35.7 Å². The predicted molar refractivity (Wildman–Crippen MR) is 102 cm³/mol. The highest BCUT2D eigenvalue weighted by atomic mass is 32.1. The number of nitrogens with one attached hydrogen (secondary N) is 1. The summed E-state index contributed by atoms with van der Waals surface area (Å²) < 4.78 is 5.92. The van der Waals surface area contributed by atoms with Crippen LogP contribution in [0.1, 0.15) is 49.7 Å². The highest BCUT2D eigenvalue weighted by Crippen LogP contribution is 2.32. The van der Waals surface area contributed by atoms with Crippen LogP contribution in [0.2, 0.25) is 0 Å². The SMILES string of the molecule is Cc1ccc(OCC(O)CNC(C)c2cccs2)c(C(C)(C)C)c1. The van der Waals surface area contributed by atoms with Crippen LogP contribution in [0.5, 0.6) is 5.75 Å². The maximum absolute atomic E-state index is 10.2. The molecule has 0 amide bonds. The van der Waals surface area contributed by atoms with Crippen LogP contribution in [-0.4, -0.2) is 24.4 Å². The molecule has 0 aliphatic carbocycles. The van der Waals surface area contributed by atoms with E-state index in [0.717, 1.165) is 5.75 Å². The van der Waals surface area contributed by atoms with Gasteiger partial charge in [-0.25, -0.2) is 0 Å². The minimum absolute atomic E-state index is 0.0121. The lowest BCUT2D eigenvalue weighted by Gasteiger charge is -2.24. The van der Waals surface area contributed by atoms with E-state index in [4.69, 9.17) is 4.74 Å². The fourth-order valence-corrected chi connectivity index (χ4v) is 3.31. The largest absolute Gasteiger partial charge is 0.491 e. The van der Waals surface area contributed by atoms with Gasteiger partial charge in [0.05, 0.1) is 0 Å². The number of aryl methyl sites for hydroxylation is 1. The fraction of sp³-hybridized carbons (Fsp3) is 0.500. The van der Waals surface area contributed by atoms with Crippen molar-refractivity contribution in [2.24, 2.45) is 0 Å². The Hall–Kier alpha value is -1.36. The van der Waals surface area contributed by atoms with Gasteiger partial charge in [0.25, 0.3) is 0 Å². The Kier molecular flexibility index (Phi) is 6.44. The van der Waals surface area contributed by atoms with Crippen LogP contribution in [0.3, 0.4) is 0 Å². The van der Waals surface area contributed by atoms with Crippen LogP contribution in [0.4, 0.5) is 0 Å². The molecule has 0 aliphatic rings. The van der Waals surface area contributed by atoms with Gasteiger partial charge in [0.15, 0.2) is 0 Å². The minimum atomic E-state index is -0.540. The summed E-state index contributed by atoms with van der Waals surface area (Å²) in [5, 5.41) is 15.6. The Bertz CT molecular complexity index is 632. The van der Waals surface area contributed by atoms with Gasteiger partial charge in [0, 0.05) is 17.5 Å². The van der Waals surface area contributed by atoms with Crippen molar-refractivity contribution in [2.45, 2.75) is 52.2 Å². The van der Waals surface area contributed by atoms with Gasteiger partial charge in [0.2, 0.25) is 0 Å². The summed E-state index contributed by atoms with van der Waals surface area (Å²) in [5.41, 5.74) is 2.41. The molecule has 0 aliphatic heterocycles. The molecule has 0 radical (unpaired) electrons. The van der Waals surface area contributed by atoms with Crippen LogP contribution in [0, 0.1) is 6.92 Å². The molecule has 3 nitrogen and oxygen atoms in total. The molecule has 1 aromatic carbocycles. The number of benzene rings is 1. The molecule has 2 atom stereocenters. The molecule has 2 rings (SSSR count). The van der Waals surface area contributed by atoms with Crippen molar-refractivity contribution in [2.75, 3.05) is 13.2 Å². The molecular weight excluding hydrogens is 318 g/mol. The minimum Gasteiger partial charge on any atom is -0.491 e. The van der Waals surface area contributed by atoms with Crippen molar-refractivity contribution in [3.8, 4) is 5.75 Å². The number of rotatable bonds is 7. The smallest absolute Gasteiger partial charge is 0.123 e. The van der Waals surface area contributed by atoms with Gasteiger partial charge in [-0.05, 0) is 42.3 Å². The molecule has 4 heteroatoms. The number of thiophene rings is 1. The first kappa shape index (κ1) is 19.0. The molecular formula is C20H29NO2S. The second-order valence-electron chi connectivity index (χ2n) is 7.36. The van der Waals surface area contributed by atoms with Gasteiger partial charge < -0.3 is 15.2 Å². The van der Waals surface area contributed by atoms with Crippen LogP contribution < -0.4 is 10.1 Å². The summed E-state index contributed by atoms with van der Waals surface area (Å²) >= 11 is 1.72. The lowest BCUT2D eigenvalue weighted by Crippen LogP contribution is -2.33. The Morgan fingerprint density at radius 1 is 1.25 bits per heavy atom. The van der Waals surface area contributed by atoms with E-state index in [0.29, 0.717) is 6.54 Å². The summed E-state index contributed by atoms with van der Waals surface area (Å²) in [6.45, 7) is 11.5. The number of aliphatic hydroxyl groups is 1. The highest BCUT2D eigenvalue weighted by Gasteiger charge is 2.20. The molecule has 1 aromatic heterocycles. The average Bonchev–Trinajstić information content (AvgIpc) is 3.05. The quantitative estimate of drug-likeness (QED) is 0.778. The maximum atomic E-state index is 10.2. The zero-order chi connectivity index (χ0) is 17.7. The third-order valence-corrected chi connectivity index (χ3v) is 5.06. The summed E-state index contributed by atoms with van der Waals surface area (Å²) in [6.07, 6.45) is -0.540. The average molecular weight is 348 g/mol. The van der Waals surface area contributed by atoms with E-state index in [-0.39, 0.29) is 18.1 Å². The van der Waals surface area contributed by atoms with Gasteiger partial charge in [-0.2, -0.15) is 0 Å². The van der Waals surface area contributed by atoms with Gasteiger partial charge >= 0.3 is 0 Å². The van der Waals surface area contributed by atoms with Gasteiger partial charge in [-0.15, -0.1) is 11.3 Å². The molecule has 0 bridgehead atoms. The Morgan fingerprint density at radius 3 is 2.62 bits per heavy atom. The molecule has 0 fully saturated rings. The van der Waals surface area contributed by atoms with Crippen LogP contribution in [-0.2, 0) is 5.41 Å². The second-order valence-corrected chi connectivity index (χ2v) is 8.34. The van der Waals surface area contributed by atoms with E-state index in [1.54, 1.807) is 11.3 Å². The van der Waals surface area contributed by atoms with E-state index in [2.05, 4.69) is 57.4 Å². The van der Waals surface area contributed by atoms with Gasteiger partial charge in [0.1, 0.15) is 18.5 Å². The van der Waals surface area contributed by atoms with Gasteiger partial charge in [-0.3, -0.25) is 0 Å². The van der Waals surface area contributed by atoms with Crippen molar-refractivity contribution < 1.29 is 9.84 Å². The summed E-state index contributed by atoms with van der Waals surface area (Å²) in [6, 6.07) is 10.6. The zero-order valence-electron chi connectivity index (χ0n) is 15.3. The van der Waals surface area contributed by atoms with Crippen molar-refractivity contribution in [3.63, 3.8) is 0 Å². The third kappa shape index (κ3) is 5.33. The number of ether oxygens (including phenoxy) is 1. The normalized spacial score (nSPS) is 14.4. The predicted octanol–water partition coefficient (Wildman–Crippen LogP) is 4.44. The van der Waals surface area contributed by atoms with E-state index in [1.165, 1.54) is 16.0 Å².